The van der Waals surface area contributed by atoms with E-state index in [0.29, 0.717) is 6.04 Å². The van der Waals surface area contributed by atoms with Gasteiger partial charge in [0.1, 0.15) is 0 Å². The van der Waals surface area contributed by atoms with Gasteiger partial charge < -0.3 is 5.73 Å². The van der Waals surface area contributed by atoms with Crippen LogP contribution in [0.2, 0.25) is 0 Å². The van der Waals surface area contributed by atoms with E-state index in [-0.39, 0.29) is 0 Å². The Labute approximate surface area is 97.4 Å². The summed E-state index contributed by atoms with van der Waals surface area (Å²) in [5, 5.41) is 4.35. The van der Waals surface area contributed by atoms with E-state index in [2.05, 4.69) is 23.8 Å². The Morgan fingerprint density at radius 2 is 2.00 bits per heavy atom. The molecule has 16 heavy (non-hydrogen) atoms. The van der Waals surface area contributed by atoms with Crippen LogP contribution in [0, 0.1) is 0 Å². The van der Waals surface area contributed by atoms with E-state index in [1.807, 2.05) is 4.68 Å². The maximum atomic E-state index is 5.99. The summed E-state index contributed by atoms with van der Waals surface area (Å²) >= 11 is 0. The second-order valence-electron chi connectivity index (χ2n) is 4.92. The molecular weight excluding hydrogens is 200 g/mol. The van der Waals surface area contributed by atoms with Crippen molar-refractivity contribution in [3.8, 4) is 0 Å². The maximum Gasteiger partial charge on any atom is 0.0756 e. The van der Waals surface area contributed by atoms with Gasteiger partial charge >= 0.3 is 0 Å². The van der Waals surface area contributed by atoms with Gasteiger partial charge in [-0.15, -0.1) is 0 Å². The van der Waals surface area contributed by atoms with E-state index in [9.17, 15) is 0 Å². The molecule has 1 aliphatic rings. The molecule has 1 aromatic rings. The normalized spacial score (nSPS) is 18.2. The van der Waals surface area contributed by atoms with Crippen LogP contribution in [-0.4, -0.2) is 27.8 Å². The van der Waals surface area contributed by atoms with Crippen LogP contribution < -0.4 is 5.73 Å². The second kappa shape index (κ2) is 4.87. The second-order valence-corrected chi connectivity index (χ2v) is 4.92. The predicted octanol–water partition coefficient (Wildman–Crippen LogP) is 2.03. The molecule has 0 aliphatic carbocycles. The highest BCUT2D eigenvalue weighted by Crippen LogP contribution is 2.20. The lowest BCUT2D eigenvalue weighted by atomic mass is 10.1. The van der Waals surface area contributed by atoms with E-state index in [1.54, 1.807) is 6.20 Å². The molecule has 0 radical (unpaired) electrons. The lowest BCUT2D eigenvalue weighted by Crippen LogP contribution is -2.30. The summed E-state index contributed by atoms with van der Waals surface area (Å²) in [4.78, 5) is 2.48. The summed E-state index contributed by atoms with van der Waals surface area (Å²) < 4.78 is 2.05. The molecule has 0 amide bonds. The molecule has 2 rings (SSSR count). The molecule has 0 aromatic carbocycles. The third-order valence-corrected chi connectivity index (χ3v) is 3.24. The van der Waals surface area contributed by atoms with Crippen molar-refractivity contribution in [3.63, 3.8) is 0 Å². The number of nitrogens with two attached hydrogens (primary N) is 1. The third-order valence-electron chi connectivity index (χ3n) is 3.24. The number of hydrogen-bond donors (Lipinski definition) is 1. The number of likely N-dealkylation sites (tertiary alicyclic amines) is 1. The molecule has 1 aliphatic heterocycles. The number of piperidine rings is 1. The van der Waals surface area contributed by atoms with Crippen LogP contribution in [0.15, 0.2) is 6.20 Å². The van der Waals surface area contributed by atoms with Gasteiger partial charge in [-0.3, -0.25) is 9.58 Å². The monoisotopic (exact) mass is 222 g/mol. The Morgan fingerprint density at radius 3 is 2.62 bits per heavy atom. The molecular formula is C12H22N4. The third kappa shape index (κ3) is 2.38. The largest absolute Gasteiger partial charge is 0.396 e. The minimum atomic E-state index is 0.386. The summed E-state index contributed by atoms with van der Waals surface area (Å²) in [6, 6.07) is 0.386. The standard InChI is InChI=1S/C12H22N4/c1-10(2)16-12(11(13)8-14-16)9-15-6-4-3-5-7-15/h8,10H,3-7,9,13H2,1-2H3. The first-order valence-corrected chi connectivity index (χ1v) is 6.22. The zero-order chi connectivity index (χ0) is 11.5. The predicted molar refractivity (Wildman–Crippen MR) is 66.2 cm³/mol. The van der Waals surface area contributed by atoms with Crippen molar-refractivity contribution < 1.29 is 0 Å². The minimum absolute atomic E-state index is 0.386. The summed E-state index contributed by atoms with van der Waals surface area (Å²) in [7, 11) is 0. The average molecular weight is 222 g/mol. The number of nitrogens with zero attached hydrogens (tertiary/aromatic N) is 3. The fourth-order valence-corrected chi connectivity index (χ4v) is 2.34. The van der Waals surface area contributed by atoms with Crippen LogP contribution in [0.4, 0.5) is 5.69 Å². The van der Waals surface area contributed by atoms with Crippen LogP contribution in [-0.2, 0) is 6.54 Å². The molecule has 90 valence electrons. The molecule has 0 saturated carbocycles. The highest BCUT2D eigenvalue weighted by atomic mass is 15.3. The van der Waals surface area contributed by atoms with Gasteiger partial charge in [-0.2, -0.15) is 5.10 Å². The number of anilines is 1. The number of aromatic nitrogens is 2. The van der Waals surface area contributed by atoms with Gasteiger partial charge in [0.15, 0.2) is 0 Å². The molecule has 0 unspecified atom stereocenters. The number of nitrogen functional groups attached to an aromatic ring is 1. The molecule has 4 nitrogen and oxygen atoms in total. The zero-order valence-electron chi connectivity index (χ0n) is 10.3. The van der Waals surface area contributed by atoms with E-state index in [4.69, 9.17) is 5.73 Å². The van der Waals surface area contributed by atoms with Crippen molar-refractivity contribution in [3.05, 3.63) is 11.9 Å². The molecule has 1 saturated heterocycles. The van der Waals surface area contributed by atoms with Crippen molar-refractivity contribution in [2.24, 2.45) is 0 Å². The van der Waals surface area contributed by atoms with E-state index >= 15 is 0 Å². The molecule has 0 bridgehead atoms. The van der Waals surface area contributed by atoms with Gasteiger partial charge in [0.2, 0.25) is 0 Å². The highest BCUT2D eigenvalue weighted by molar-refractivity contribution is 5.41. The van der Waals surface area contributed by atoms with Crippen LogP contribution in [0.3, 0.4) is 0 Å². The van der Waals surface area contributed by atoms with Crippen molar-refractivity contribution in [1.29, 1.82) is 0 Å². The Balaban J connectivity index is 2.09. The molecule has 2 heterocycles. The lowest BCUT2D eigenvalue weighted by Gasteiger charge is -2.27. The smallest absolute Gasteiger partial charge is 0.0756 e. The minimum Gasteiger partial charge on any atom is -0.396 e. The topological polar surface area (TPSA) is 47.1 Å². The van der Waals surface area contributed by atoms with Gasteiger partial charge in [-0.25, -0.2) is 0 Å². The van der Waals surface area contributed by atoms with Crippen molar-refractivity contribution in [2.75, 3.05) is 18.8 Å². The fourth-order valence-electron chi connectivity index (χ4n) is 2.34. The molecule has 1 aromatic heterocycles. The van der Waals surface area contributed by atoms with Crippen molar-refractivity contribution >= 4 is 5.69 Å². The summed E-state index contributed by atoms with van der Waals surface area (Å²) in [5.41, 5.74) is 8.00. The van der Waals surface area contributed by atoms with Gasteiger partial charge in [0, 0.05) is 12.6 Å². The quantitative estimate of drug-likeness (QED) is 0.851. The van der Waals surface area contributed by atoms with Crippen LogP contribution >= 0.6 is 0 Å². The van der Waals surface area contributed by atoms with Gasteiger partial charge in [-0.1, -0.05) is 6.42 Å². The maximum absolute atomic E-state index is 5.99. The Hall–Kier alpha value is -1.03. The van der Waals surface area contributed by atoms with Crippen molar-refractivity contribution in [1.82, 2.24) is 14.7 Å². The zero-order valence-corrected chi connectivity index (χ0v) is 10.3. The average Bonchev–Trinajstić information content (AvgIpc) is 2.62. The first-order valence-electron chi connectivity index (χ1n) is 6.22. The lowest BCUT2D eigenvalue weighted by molar-refractivity contribution is 0.214. The Morgan fingerprint density at radius 1 is 1.31 bits per heavy atom. The molecule has 0 spiro atoms. The SMILES string of the molecule is CC(C)n1ncc(N)c1CN1CCCCC1. The highest BCUT2D eigenvalue weighted by Gasteiger charge is 2.16. The first-order chi connectivity index (χ1) is 7.68. The van der Waals surface area contributed by atoms with Crippen LogP contribution in [0.1, 0.15) is 44.8 Å². The Bertz CT molecular complexity index is 337. The van der Waals surface area contributed by atoms with Crippen LogP contribution in [0.25, 0.3) is 0 Å². The summed E-state index contributed by atoms with van der Waals surface area (Å²) in [6.45, 7) is 7.63. The van der Waals surface area contributed by atoms with E-state index < -0.39 is 0 Å². The fraction of sp³-hybridized carbons (Fsp3) is 0.750. The molecule has 0 atom stereocenters. The van der Waals surface area contributed by atoms with Crippen molar-refractivity contribution in [2.45, 2.75) is 45.7 Å². The molecule has 1 fully saturated rings. The summed E-state index contributed by atoms with van der Waals surface area (Å²) in [5.74, 6) is 0. The first kappa shape index (κ1) is 11.5. The summed E-state index contributed by atoms with van der Waals surface area (Å²) in [6.07, 6.45) is 5.78. The van der Waals surface area contributed by atoms with E-state index in [0.717, 1.165) is 12.2 Å². The number of rotatable bonds is 3. The molecule has 2 N–H and O–H groups in total. The Kier molecular flexibility index (Phi) is 3.49. The number of hydrogen-bond acceptors (Lipinski definition) is 3. The van der Waals surface area contributed by atoms with Crippen LogP contribution in [0.5, 0.6) is 0 Å². The van der Waals surface area contributed by atoms with Gasteiger partial charge in [0.05, 0.1) is 17.6 Å². The van der Waals surface area contributed by atoms with Gasteiger partial charge in [-0.05, 0) is 39.8 Å². The van der Waals surface area contributed by atoms with E-state index in [1.165, 1.54) is 38.0 Å². The molecule has 4 heteroatoms. The van der Waals surface area contributed by atoms with Gasteiger partial charge in [0.25, 0.3) is 0 Å².